The maximum absolute atomic E-state index is 11.8. The number of non-ortho nitro benzene ring substituents is 1. The van der Waals surface area contributed by atoms with E-state index in [9.17, 15) is 23.3 Å². The average molecular weight is 274 g/mol. The summed E-state index contributed by atoms with van der Waals surface area (Å²) in [7, 11) is 0. The monoisotopic (exact) mass is 274 g/mol. The van der Waals surface area contributed by atoms with Gasteiger partial charge in [-0.1, -0.05) is 0 Å². The van der Waals surface area contributed by atoms with Crippen LogP contribution < -0.4 is 0 Å². The fraction of sp³-hybridized carbons (Fsp3) is 0.273. The van der Waals surface area contributed by atoms with E-state index in [1.807, 2.05) is 0 Å². The molecule has 0 aliphatic carbocycles. The number of hydrogen-bond donors (Lipinski definition) is 0. The van der Waals surface area contributed by atoms with Crippen LogP contribution in [0, 0.1) is 10.1 Å². The van der Waals surface area contributed by atoms with Gasteiger partial charge in [-0.05, 0) is 12.1 Å². The molecule has 0 atom stereocenters. The summed E-state index contributed by atoms with van der Waals surface area (Å²) in [5.74, 6) is 0. The van der Waals surface area contributed by atoms with Gasteiger partial charge in [-0.2, -0.15) is 0 Å². The third kappa shape index (κ3) is 3.22. The third-order valence-electron chi connectivity index (χ3n) is 2.57. The predicted molar refractivity (Wildman–Crippen MR) is 60.6 cm³/mol. The fourth-order valence-electron chi connectivity index (χ4n) is 1.74. The lowest BCUT2D eigenvalue weighted by atomic mass is 10.2. The molecule has 8 heteroatoms. The minimum absolute atomic E-state index is 0.0375. The second kappa shape index (κ2) is 4.88. The molecule has 0 saturated heterocycles. The van der Waals surface area contributed by atoms with E-state index >= 15 is 0 Å². The SMILES string of the molecule is O=[N+]([O-])c1ccc2ccn(CCOC(F)(F)F)c2c1. The average Bonchev–Trinajstić information content (AvgIpc) is 2.70. The Morgan fingerprint density at radius 3 is 2.68 bits per heavy atom. The zero-order valence-corrected chi connectivity index (χ0v) is 9.55. The van der Waals surface area contributed by atoms with Crippen LogP contribution in [0.25, 0.3) is 10.9 Å². The summed E-state index contributed by atoms with van der Waals surface area (Å²) >= 11 is 0. The Kier molecular flexibility index (Phi) is 3.43. The number of fused-ring (bicyclic) bond motifs is 1. The molecule has 0 spiro atoms. The molecule has 2 rings (SSSR count). The van der Waals surface area contributed by atoms with Crippen molar-refractivity contribution in [1.29, 1.82) is 0 Å². The first-order chi connectivity index (χ1) is 8.87. The van der Waals surface area contributed by atoms with Gasteiger partial charge in [-0.25, -0.2) is 0 Å². The molecule has 0 N–H and O–H groups in total. The van der Waals surface area contributed by atoms with Crippen molar-refractivity contribution in [3.05, 3.63) is 40.6 Å². The van der Waals surface area contributed by atoms with Crippen molar-refractivity contribution in [2.75, 3.05) is 6.61 Å². The predicted octanol–water partition coefficient (Wildman–Crippen LogP) is 3.09. The van der Waals surface area contributed by atoms with Crippen molar-refractivity contribution in [2.45, 2.75) is 12.9 Å². The van der Waals surface area contributed by atoms with Crippen molar-refractivity contribution in [1.82, 2.24) is 4.57 Å². The number of halogens is 3. The van der Waals surface area contributed by atoms with Gasteiger partial charge in [0.15, 0.2) is 0 Å². The summed E-state index contributed by atoms with van der Waals surface area (Å²) in [5.41, 5.74) is 0.393. The third-order valence-corrected chi connectivity index (χ3v) is 2.57. The Hall–Kier alpha value is -2.09. The van der Waals surface area contributed by atoms with Crippen molar-refractivity contribution in [3.8, 4) is 0 Å². The Balaban J connectivity index is 2.19. The molecule has 0 amide bonds. The molecule has 0 bridgehead atoms. The minimum Gasteiger partial charge on any atom is -0.345 e. The highest BCUT2D eigenvalue weighted by atomic mass is 19.4. The van der Waals surface area contributed by atoms with Crippen LogP contribution in [0.15, 0.2) is 30.5 Å². The van der Waals surface area contributed by atoms with Crippen molar-refractivity contribution in [2.24, 2.45) is 0 Å². The maximum Gasteiger partial charge on any atom is 0.522 e. The van der Waals surface area contributed by atoms with Crippen molar-refractivity contribution >= 4 is 16.6 Å². The van der Waals surface area contributed by atoms with Gasteiger partial charge >= 0.3 is 6.36 Å². The van der Waals surface area contributed by atoms with Gasteiger partial charge in [0.1, 0.15) is 0 Å². The maximum atomic E-state index is 11.8. The highest BCUT2D eigenvalue weighted by molar-refractivity contribution is 5.82. The molecule has 0 radical (unpaired) electrons. The summed E-state index contributed by atoms with van der Waals surface area (Å²) in [6, 6.07) is 5.89. The normalized spacial score (nSPS) is 11.9. The van der Waals surface area contributed by atoms with Gasteiger partial charge in [-0.15, -0.1) is 13.2 Å². The first-order valence-corrected chi connectivity index (χ1v) is 5.31. The number of alkyl halides is 3. The van der Waals surface area contributed by atoms with E-state index in [1.165, 1.54) is 16.7 Å². The Morgan fingerprint density at radius 2 is 2.05 bits per heavy atom. The molecule has 1 aromatic carbocycles. The topological polar surface area (TPSA) is 57.3 Å². The quantitative estimate of drug-likeness (QED) is 0.636. The van der Waals surface area contributed by atoms with Gasteiger partial charge in [0, 0.05) is 30.3 Å². The molecule has 0 aliphatic heterocycles. The van der Waals surface area contributed by atoms with Crippen LogP contribution in [0.2, 0.25) is 0 Å². The molecular weight excluding hydrogens is 265 g/mol. The standard InChI is InChI=1S/C11H9F3N2O3/c12-11(13,14)19-6-5-15-4-3-8-1-2-9(16(17)18)7-10(8)15/h1-4,7H,5-6H2. The molecule has 2 aromatic rings. The Labute approximate surface area is 105 Å². The van der Waals surface area contributed by atoms with Gasteiger partial charge in [0.05, 0.1) is 17.0 Å². The Morgan fingerprint density at radius 1 is 1.32 bits per heavy atom. The summed E-state index contributed by atoms with van der Waals surface area (Å²) in [6.45, 7) is -0.583. The zero-order valence-electron chi connectivity index (χ0n) is 9.55. The van der Waals surface area contributed by atoms with Gasteiger partial charge < -0.3 is 4.57 Å². The van der Waals surface area contributed by atoms with Crippen LogP contribution >= 0.6 is 0 Å². The zero-order chi connectivity index (χ0) is 14.0. The number of nitro benzene ring substituents is 1. The van der Waals surface area contributed by atoms with Crippen LogP contribution in [0.1, 0.15) is 0 Å². The van der Waals surface area contributed by atoms with Crippen LogP contribution in [0.3, 0.4) is 0 Å². The van der Waals surface area contributed by atoms with E-state index in [0.717, 1.165) is 5.39 Å². The van der Waals surface area contributed by atoms with E-state index in [2.05, 4.69) is 4.74 Å². The van der Waals surface area contributed by atoms with Gasteiger partial charge in [0.2, 0.25) is 0 Å². The van der Waals surface area contributed by atoms with E-state index in [0.29, 0.717) is 5.52 Å². The van der Waals surface area contributed by atoms with Crippen LogP contribution in [-0.2, 0) is 11.3 Å². The Bertz CT molecular complexity index is 607. The molecule has 0 saturated carbocycles. The molecule has 0 unspecified atom stereocenters. The number of benzene rings is 1. The lowest BCUT2D eigenvalue weighted by Crippen LogP contribution is -2.17. The molecule has 1 aromatic heterocycles. The highest BCUT2D eigenvalue weighted by Gasteiger charge is 2.28. The van der Waals surface area contributed by atoms with Gasteiger partial charge in [-0.3, -0.25) is 14.9 Å². The lowest BCUT2D eigenvalue weighted by molar-refractivity contribution is -0.384. The number of aromatic nitrogens is 1. The minimum atomic E-state index is -4.67. The van der Waals surface area contributed by atoms with Gasteiger partial charge in [0.25, 0.3) is 5.69 Å². The second-order valence-electron chi connectivity index (χ2n) is 3.80. The fourth-order valence-corrected chi connectivity index (χ4v) is 1.74. The van der Waals surface area contributed by atoms with Crippen LogP contribution in [0.5, 0.6) is 0 Å². The number of hydrogen-bond acceptors (Lipinski definition) is 3. The molecule has 1 heterocycles. The first-order valence-electron chi connectivity index (χ1n) is 5.31. The summed E-state index contributed by atoms with van der Waals surface area (Å²) < 4.78 is 40.7. The molecular formula is C11H9F3N2O3. The number of nitro groups is 1. The van der Waals surface area contributed by atoms with Crippen LogP contribution in [-0.4, -0.2) is 22.5 Å². The summed E-state index contributed by atoms with van der Waals surface area (Å²) in [6.07, 6.45) is -3.11. The second-order valence-corrected chi connectivity index (χ2v) is 3.80. The largest absolute Gasteiger partial charge is 0.522 e. The first kappa shape index (κ1) is 13.3. The lowest BCUT2D eigenvalue weighted by Gasteiger charge is -2.08. The number of ether oxygens (including phenoxy) is 1. The molecule has 102 valence electrons. The van der Waals surface area contributed by atoms with Crippen molar-refractivity contribution in [3.63, 3.8) is 0 Å². The molecule has 5 nitrogen and oxygen atoms in total. The summed E-state index contributed by atoms with van der Waals surface area (Å²) in [5, 5.41) is 11.4. The molecule has 0 fully saturated rings. The number of rotatable bonds is 4. The van der Waals surface area contributed by atoms with E-state index < -0.39 is 17.9 Å². The smallest absolute Gasteiger partial charge is 0.345 e. The summed E-state index contributed by atoms with van der Waals surface area (Å²) in [4.78, 5) is 10.1. The van der Waals surface area contributed by atoms with E-state index in [4.69, 9.17) is 0 Å². The highest BCUT2D eigenvalue weighted by Crippen LogP contribution is 2.22. The molecule has 0 aliphatic rings. The van der Waals surface area contributed by atoms with E-state index in [1.54, 1.807) is 18.3 Å². The van der Waals surface area contributed by atoms with Crippen LogP contribution in [0.4, 0.5) is 18.9 Å². The van der Waals surface area contributed by atoms with E-state index in [-0.39, 0.29) is 12.2 Å². The van der Waals surface area contributed by atoms with Crippen molar-refractivity contribution < 1.29 is 22.8 Å². The molecule has 19 heavy (non-hydrogen) atoms. The number of nitrogens with zero attached hydrogens (tertiary/aromatic N) is 2.